The fraction of sp³-hybridized carbons (Fsp3) is 0.682. The van der Waals surface area contributed by atoms with Crippen molar-refractivity contribution in [1.29, 1.82) is 0 Å². The number of nitrogens with zero attached hydrogens (tertiary/aromatic N) is 2. The predicted molar refractivity (Wildman–Crippen MR) is 128 cm³/mol. The van der Waals surface area contributed by atoms with E-state index in [1.165, 1.54) is 25.1 Å². The topological polar surface area (TPSA) is 48.9 Å². The Labute approximate surface area is 187 Å². The van der Waals surface area contributed by atoms with Crippen molar-refractivity contribution in [3.05, 3.63) is 35.9 Å². The standard InChI is InChI=1S/C22H36N4O.HI/c1-3-23-21(25-18-22(2)12-7-15-27-22)24-16-20-11-14-26(17-20)13-10-19-8-5-4-6-9-19;/h4-6,8-9,20H,3,7,10-18H2,1-2H3,(H2,23,24,25);1H. The first-order valence-electron chi connectivity index (χ1n) is 10.6. The maximum Gasteiger partial charge on any atom is 0.191 e. The molecule has 2 aliphatic heterocycles. The minimum absolute atomic E-state index is 0. The van der Waals surface area contributed by atoms with Gasteiger partial charge in [-0.2, -0.15) is 0 Å². The van der Waals surface area contributed by atoms with Crippen LogP contribution in [0.1, 0.15) is 38.7 Å². The molecule has 1 aromatic carbocycles. The van der Waals surface area contributed by atoms with Crippen LogP contribution in [-0.4, -0.2) is 62.3 Å². The van der Waals surface area contributed by atoms with Gasteiger partial charge in [0.2, 0.25) is 0 Å². The molecule has 2 fully saturated rings. The van der Waals surface area contributed by atoms with E-state index in [1.807, 2.05) is 0 Å². The lowest BCUT2D eigenvalue weighted by Crippen LogP contribution is -2.41. The van der Waals surface area contributed by atoms with Gasteiger partial charge in [-0.3, -0.25) is 4.99 Å². The van der Waals surface area contributed by atoms with Crippen molar-refractivity contribution in [2.24, 2.45) is 10.9 Å². The first-order chi connectivity index (χ1) is 13.2. The second kappa shape index (κ2) is 12.0. The predicted octanol–water partition coefficient (Wildman–Crippen LogP) is 3.29. The zero-order chi connectivity index (χ0) is 19.0. The lowest BCUT2D eigenvalue weighted by Gasteiger charge is -2.22. The number of halogens is 1. The molecule has 2 heterocycles. The fourth-order valence-electron chi connectivity index (χ4n) is 4.01. The Morgan fingerprint density at radius 1 is 1.29 bits per heavy atom. The Kier molecular flexibility index (Phi) is 10.0. The number of hydrogen-bond donors (Lipinski definition) is 2. The Hall–Kier alpha value is -0.860. The van der Waals surface area contributed by atoms with Crippen LogP contribution in [0.25, 0.3) is 0 Å². The van der Waals surface area contributed by atoms with E-state index >= 15 is 0 Å². The summed E-state index contributed by atoms with van der Waals surface area (Å²) in [5, 5.41) is 6.93. The summed E-state index contributed by atoms with van der Waals surface area (Å²) in [6, 6.07) is 10.8. The molecule has 0 amide bonds. The lowest BCUT2D eigenvalue weighted by molar-refractivity contribution is 0.0283. The summed E-state index contributed by atoms with van der Waals surface area (Å²) in [5.74, 6) is 1.62. The first-order valence-corrected chi connectivity index (χ1v) is 10.6. The van der Waals surface area contributed by atoms with E-state index in [2.05, 4.69) is 59.7 Å². The first kappa shape index (κ1) is 23.4. The quantitative estimate of drug-likeness (QED) is 0.327. The van der Waals surface area contributed by atoms with E-state index in [4.69, 9.17) is 9.73 Å². The number of ether oxygens (including phenoxy) is 1. The normalized spacial score (nSPS) is 25.5. The Morgan fingerprint density at radius 3 is 2.82 bits per heavy atom. The monoisotopic (exact) mass is 500 g/mol. The van der Waals surface area contributed by atoms with Gasteiger partial charge in [0, 0.05) is 32.8 Å². The molecule has 0 bridgehead atoms. The highest BCUT2D eigenvalue weighted by atomic mass is 127. The molecule has 2 aliphatic rings. The van der Waals surface area contributed by atoms with Gasteiger partial charge in [-0.1, -0.05) is 30.3 Å². The van der Waals surface area contributed by atoms with Gasteiger partial charge in [0.25, 0.3) is 0 Å². The molecule has 0 aliphatic carbocycles. The Morgan fingerprint density at radius 2 is 2.11 bits per heavy atom. The molecule has 2 unspecified atom stereocenters. The van der Waals surface area contributed by atoms with Gasteiger partial charge in [-0.05, 0) is 57.6 Å². The second-order valence-electron chi connectivity index (χ2n) is 8.17. The van der Waals surface area contributed by atoms with Crippen LogP contribution in [0.15, 0.2) is 35.3 Å². The van der Waals surface area contributed by atoms with Crippen LogP contribution in [0.5, 0.6) is 0 Å². The number of likely N-dealkylation sites (tertiary alicyclic amines) is 1. The SMILES string of the molecule is CCNC(=NCC1(C)CCCO1)NCC1CCN(CCc2ccccc2)C1.I. The maximum absolute atomic E-state index is 5.86. The molecule has 158 valence electrons. The fourth-order valence-corrected chi connectivity index (χ4v) is 4.01. The number of nitrogens with one attached hydrogen (secondary N) is 2. The van der Waals surface area contributed by atoms with Crippen molar-refractivity contribution in [1.82, 2.24) is 15.5 Å². The summed E-state index contributed by atoms with van der Waals surface area (Å²) >= 11 is 0. The summed E-state index contributed by atoms with van der Waals surface area (Å²) in [6.45, 7) is 11.3. The molecule has 0 saturated carbocycles. The van der Waals surface area contributed by atoms with Gasteiger partial charge in [-0.15, -0.1) is 24.0 Å². The average molecular weight is 500 g/mol. The van der Waals surface area contributed by atoms with Crippen LogP contribution in [-0.2, 0) is 11.2 Å². The van der Waals surface area contributed by atoms with Crippen molar-refractivity contribution in [3.8, 4) is 0 Å². The van der Waals surface area contributed by atoms with Crippen LogP contribution >= 0.6 is 24.0 Å². The zero-order valence-electron chi connectivity index (χ0n) is 17.5. The highest BCUT2D eigenvalue weighted by Crippen LogP contribution is 2.25. The summed E-state index contributed by atoms with van der Waals surface area (Å²) in [7, 11) is 0. The van der Waals surface area contributed by atoms with E-state index in [1.54, 1.807) is 0 Å². The molecule has 28 heavy (non-hydrogen) atoms. The van der Waals surface area contributed by atoms with Crippen LogP contribution in [0.4, 0.5) is 0 Å². The Bertz CT molecular complexity index is 589. The molecule has 0 radical (unpaired) electrons. The Balaban J connectivity index is 0.00000280. The number of hydrogen-bond acceptors (Lipinski definition) is 3. The molecule has 6 heteroatoms. The van der Waals surface area contributed by atoms with Crippen molar-refractivity contribution in [3.63, 3.8) is 0 Å². The number of rotatable bonds is 8. The van der Waals surface area contributed by atoms with E-state index in [-0.39, 0.29) is 29.6 Å². The molecule has 3 rings (SSSR count). The van der Waals surface area contributed by atoms with Crippen molar-refractivity contribution >= 4 is 29.9 Å². The maximum atomic E-state index is 5.86. The third-order valence-corrected chi connectivity index (χ3v) is 5.70. The number of guanidine groups is 1. The molecule has 2 saturated heterocycles. The molecule has 2 atom stereocenters. The molecular weight excluding hydrogens is 463 g/mol. The minimum atomic E-state index is -0.0794. The summed E-state index contributed by atoms with van der Waals surface area (Å²) in [5.41, 5.74) is 1.35. The summed E-state index contributed by atoms with van der Waals surface area (Å²) in [4.78, 5) is 7.37. The second-order valence-corrected chi connectivity index (χ2v) is 8.17. The summed E-state index contributed by atoms with van der Waals surface area (Å²) in [6.07, 6.45) is 4.66. The third kappa shape index (κ3) is 7.52. The highest BCUT2D eigenvalue weighted by molar-refractivity contribution is 14.0. The smallest absolute Gasteiger partial charge is 0.191 e. The molecule has 2 N–H and O–H groups in total. The lowest BCUT2D eigenvalue weighted by atomic mass is 10.0. The van der Waals surface area contributed by atoms with E-state index in [9.17, 15) is 0 Å². The van der Waals surface area contributed by atoms with Crippen LogP contribution in [0, 0.1) is 5.92 Å². The molecule has 0 aromatic heterocycles. The number of aliphatic imine (C=N–C) groups is 1. The van der Waals surface area contributed by atoms with Crippen molar-refractivity contribution in [2.45, 2.75) is 45.1 Å². The summed E-state index contributed by atoms with van der Waals surface area (Å²) < 4.78 is 5.86. The van der Waals surface area contributed by atoms with Gasteiger partial charge in [0.1, 0.15) is 0 Å². The van der Waals surface area contributed by atoms with Crippen LogP contribution in [0.2, 0.25) is 0 Å². The van der Waals surface area contributed by atoms with Crippen molar-refractivity contribution < 1.29 is 4.74 Å². The average Bonchev–Trinajstić information content (AvgIpc) is 3.33. The van der Waals surface area contributed by atoms with E-state index in [0.717, 1.165) is 58.0 Å². The van der Waals surface area contributed by atoms with Gasteiger partial charge >= 0.3 is 0 Å². The van der Waals surface area contributed by atoms with Gasteiger partial charge < -0.3 is 20.3 Å². The van der Waals surface area contributed by atoms with Gasteiger partial charge in [-0.25, -0.2) is 0 Å². The minimum Gasteiger partial charge on any atom is -0.373 e. The molecule has 1 aromatic rings. The van der Waals surface area contributed by atoms with E-state index in [0.29, 0.717) is 5.92 Å². The number of benzene rings is 1. The van der Waals surface area contributed by atoms with Crippen molar-refractivity contribution in [2.75, 3.05) is 45.9 Å². The van der Waals surface area contributed by atoms with E-state index < -0.39 is 0 Å². The van der Waals surface area contributed by atoms with Crippen LogP contribution in [0.3, 0.4) is 0 Å². The molecule has 5 nitrogen and oxygen atoms in total. The van der Waals surface area contributed by atoms with Crippen LogP contribution < -0.4 is 10.6 Å². The third-order valence-electron chi connectivity index (χ3n) is 5.70. The molecule has 0 spiro atoms. The largest absolute Gasteiger partial charge is 0.373 e. The molecular formula is C22H37IN4O. The van der Waals surface area contributed by atoms with Gasteiger partial charge in [0.05, 0.1) is 12.1 Å². The van der Waals surface area contributed by atoms with Gasteiger partial charge in [0.15, 0.2) is 5.96 Å². The zero-order valence-corrected chi connectivity index (χ0v) is 19.8. The highest BCUT2D eigenvalue weighted by Gasteiger charge is 2.29.